The van der Waals surface area contributed by atoms with Crippen LogP contribution >= 0.6 is 0 Å². The molecule has 1 N–H and O–H groups in total. The van der Waals surface area contributed by atoms with E-state index in [1.54, 1.807) is 0 Å². The molecule has 0 aromatic rings. The lowest BCUT2D eigenvalue weighted by Crippen LogP contribution is -2.68. The smallest absolute Gasteiger partial charge is 0.426 e. The Bertz CT molecular complexity index is 590. The van der Waals surface area contributed by atoms with Crippen LogP contribution in [-0.4, -0.2) is 53.7 Å². The molecule has 0 amide bonds. The van der Waals surface area contributed by atoms with E-state index in [0.29, 0.717) is 0 Å². The molecule has 0 fully saturated rings. The van der Waals surface area contributed by atoms with Crippen LogP contribution < -0.4 is 0 Å². The minimum Gasteiger partial charge on any atom is -0.480 e. The lowest BCUT2D eigenvalue weighted by molar-refractivity contribution is -0.442. The molecule has 0 spiro atoms. The van der Waals surface area contributed by atoms with Gasteiger partial charge in [-0.05, 0) is 0 Å². The fourth-order valence-corrected chi connectivity index (χ4v) is 1.20. The van der Waals surface area contributed by atoms with Gasteiger partial charge in [0.2, 0.25) is 0 Å². The largest absolute Gasteiger partial charge is 0.480 e. The van der Waals surface area contributed by atoms with Gasteiger partial charge in [-0.1, -0.05) is 0 Å². The van der Waals surface area contributed by atoms with Gasteiger partial charge < -0.3 is 9.84 Å². The van der Waals surface area contributed by atoms with Gasteiger partial charge in [-0.25, -0.2) is 9.18 Å². The summed E-state index contributed by atoms with van der Waals surface area (Å²) in [6.45, 7) is -2.50. The molecule has 160 valence electrons. The highest BCUT2D eigenvalue weighted by molar-refractivity contribution is 5.68. The third-order valence-corrected chi connectivity index (χ3v) is 2.52. The van der Waals surface area contributed by atoms with Crippen molar-refractivity contribution < 1.29 is 76.1 Å². The van der Waals surface area contributed by atoms with Crippen LogP contribution in [0, 0.1) is 0 Å². The molecule has 0 unspecified atom stereocenters. The minimum absolute atomic E-state index is 2.28. The number of alkyl halides is 13. The van der Waals surface area contributed by atoms with E-state index in [-0.39, 0.29) is 0 Å². The molecule has 3 nitrogen and oxygen atoms in total. The highest BCUT2D eigenvalue weighted by atomic mass is 19.4. The first-order chi connectivity index (χ1) is 11.5. The van der Waals surface area contributed by atoms with Gasteiger partial charge in [0.1, 0.15) is 0 Å². The number of hydrogen-bond donors (Lipinski definition) is 1. The summed E-state index contributed by atoms with van der Waals surface area (Å²) in [5.41, 5.74) is 0. The first-order valence-electron chi connectivity index (χ1n) is 5.75. The highest BCUT2D eigenvalue weighted by Crippen LogP contribution is 2.58. The van der Waals surface area contributed by atoms with Crippen LogP contribution in [0.1, 0.15) is 0 Å². The zero-order chi connectivity index (χ0) is 22.3. The second-order valence-electron chi connectivity index (χ2n) is 4.53. The molecule has 0 aromatic heterocycles. The van der Waals surface area contributed by atoms with Gasteiger partial charge in [0.05, 0.1) is 6.08 Å². The van der Waals surface area contributed by atoms with E-state index in [0.717, 1.165) is 0 Å². The van der Waals surface area contributed by atoms with Crippen LogP contribution in [0.3, 0.4) is 0 Å². The summed E-state index contributed by atoms with van der Waals surface area (Å²) in [4.78, 5) is 9.88. The summed E-state index contributed by atoms with van der Waals surface area (Å²) < 4.78 is 180. The van der Waals surface area contributed by atoms with Gasteiger partial charge in [-0.2, -0.15) is 57.1 Å². The Balaban J connectivity index is 6.22. The van der Waals surface area contributed by atoms with Crippen molar-refractivity contribution in [1.82, 2.24) is 0 Å². The molecular formula is C10H4F14O3. The van der Waals surface area contributed by atoms with E-state index in [9.17, 15) is 66.3 Å². The first-order valence-corrected chi connectivity index (χ1v) is 5.75. The maximum Gasteiger partial charge on any atom is 0.426 e. The molecular weight excluding hydrogens is 434 g/mol. The van der Waals surface area contributed by atoms with Gasteiger partial charge in [0.15, 0.2) is 12.4 Å². The van der Waals surface area contributed by atoms with Crippen molar-refractivity contribution in [3.8, 4) is 0 Å². The fraction of sp³-hybridized carbons (Fsp3) is 0.700. The lowest BCUT2D eigenvalue weighted by atomic mass is 9.96. The van der Waals surface area contributed by atoms with E-state index in [1.165, 1.54) is 0 Å². The van der Waals surface area contributed by atoms with Crippen molar-refractivity contribution in [3.63, 3.8) is 0 Å². The number of carboxylic acid groups (broad SMARTS) is 1. The average molecular weight is 438 g/mol. The van der Waals surface area contributed by atoms with Gasteiger partial charge in [0, 0.05) is 0 Å². The molecule has 0 bridgehead atoms. The van der Waals surface area contributed by atoms with Crippen molar-refractivity contribution in [2.24, 2.45) is 0 Å². The number of ether oxygens (including phenoxy) is 1. The summed E-state index contributed by atoms with van der Waals surface area (Å²) in [6.07, 6.45) is -15.3. The molecule has 0 heterocycles. The van der Waals surface area contributed by atoms with Crippen LogP contribution in [0.15, 0.2) is 11.9 Å². The topological polar surface area (TPSA) is 46.5 Å². The van der Waals surface area contributed by atoms with Crippen LogP contribution in [0.2, 0.25) is 0 Å². The Kier molecular flexibility index (Phi) is 6.51. The molecule has 17 heteroatoms. The van der Waals surface area contributed by atoms with E-state index in [2.05, 4.69) is 4.74 Å². The van der Waals surface area contributed by atoms with Crippen LogP contribution in [0.4, 0.5) is 61.5 Å². The number of halogens is 14. The summed E-state index contributed by atoms with van der Waals surface area (Å²) in [6, 6.07) is 0. The average Bonchev–Trinajstić information content (AvgIpc) is 2.42. The van der Waals surface area contributed by atoms with Gasteiger partial charge >= 0.3 is 41.9 Å². The Morgan fingerprint density at radius 2 is 1.19 bits per heavy atom. The van der Waals surface area contributed by atoms with E-state index in [1.807, 2.05) is 0 Å². The first kappa shape index (κ1) is 25.2. The Morgan fingerprint density at radius 1 is 0.778 bits per heavy atom. The number of carboxylic acids is 1. The van der Waals surface area contributed by atoms with Gasteiger partial charge in [-0.15, -0.1) is 0 Å². The van der Waals surface area contributed by atoms with Gasteiger partial charge in [0.25, 0.3) is 0 Å². The maximum atomic E-state index is 13.1. The van der Waals surface area contributed by atoms with Gasteiger partial charge in [-0.3, -0.25) is 0 Å². The van der Waals surface area contributed by atoms with Crippen LogP contribution in [0.25, 0.3) is 0 Å². The zero-order valence-corrected chi connectivity index (χ0v) is 11.8. The molecule has 0 aliphatic heterocycles. The summed E-state index contributed by atoms with van der Waals surface area (Å²) >= 11 is 0. The predicted molar refractivity (Wildman–Crippen MR) is 53.6 cm³/mol. The molecule has 27 heavy (non-hydrogen) atoms. The Hall–Kier alpha value is -1.81. The van der Waals surface area contributed by atoms with E-state index in [4.69, 9.17) is 5.11 Å². The molecule has 0 saturated heterocycles. The standard InChI is InChI=1S/C10H4F14O3/c11-3(1-5(12,13)14)6(15,16)7(17,18)8(19,20)9(21,22)10(23,24)27-2-4(25)26/h1H,2H2,(H,25,26)/b3-1-. The molecule has 0 radical (unpaired) electrons. The molecule has 0 rings (SSSR count). The van der Waals surface area contributed by atoms with E-state index >= 15 is 0 Å². The highest BCUT2D eigenvalue weighted by Gasteiger charge is 2.88. The quantitative estimate of drug-likeness (QED) is 0.562. The number of hydrogen-bond acceptors (Lipinski definition) is 2. The fourth-order valence-electron chi connectivity index (χ4n) is 1.20. The lowest BCUT2D eigenvalue weighted by Gasteiger charge is -2.38. The SMILES string of the molecule is O=C(O)COC(F)(F)C(F)(F)C(F)(F)C(F)(F)C(F)(F)/C(F)=C/C(F)(F)F. The number of carbonyl (C=O) groups is 1. The minimum atomic E-state index is -7.93. The number of allylic oxidation sites excluding steroid dienone is 2. The monoisotopic (exact) mass is 438 g/mol. The van der Waals surface area contributed by atoms with E-state index < -0.39 is 60.5 Å². The summed E-state index contributed by atoms with van der Waals surface area (Å²) in [5, 5.41) is 7.89. The summed E-state index contributed by atoms with van der Waals surface area (Å²) in [7, 11) is 0. The number of aliphatic carboxylic acids is 1. The molecule has 0 aliphatic rings. The van der Waals surface area contributed by atoms with Crippen molar-refractivity contribution in [1.29, 1.82) is 0 Å². The Morgan fingerprint density at radius 3 is 1.52 bits per heavy atom. The third-order valence-electron chi connectivity index (χ3n) is 2.52. The van der Waals surface area contributed by atoms with Crippen molar-refractivity contribution >= 4 is 5.97 Å². The van der Waals surface area contributed by atoms with Crippen LogP contribution in [0.5, 0.6) is 0 Å². The molecule has 0 atom stereocenters. The second-order valence-corrected chi connectivity index (χ2v) is 4.53. The molecule has 0 aromatic carbocycles. The normalized spacial score (nSPS) is 15.9. The van der Waals surface area contributed by atoms with Crippen molar-refractivity contribution in [3.05, 3.63) is 11.9 Å². The summed E-state index contributed by atoms with van der Waals surface area (Å²) in [5.74, 6) is -37.6. The third kappa shape index (κ3) is 4.55. The Labute approximate surface area is 138 Å². The predicted octanol–water partition coefficient (Wildman–Crippen LogP) is 4.64. The number of rotatable bonds is 8. The zero-order valence-electron chi connectivity index (χ0n) is 11.8. The van der Waals surface area contributed by atoms with Crippen molar-refractivity contribution in [2.45, 2.75) is 36.0 Å². The van der Waals surface area contributed by atoms with Crippen molar-refractivity contribution in [2.75, 3.05) is 6.61 Å². The maximum absolute atomic E-state index is 13.1. The second kappa shape index (κ2) is 6.97. The molecule has 0 saturated carbocycles. The van der Waals surface area contributed by atoms with Crippen LogP contribution in [-0.2, 0) is 9.53 Å². The molecule has 0 aliphatic carbocycles.